The first-order valence-electron chi connectivity index (χ1n) is 9.51. The monoisotopic (exact) mass is 360 g/mol. The fourth-order valence-electron chi connectivity index (χ4n) is 3.57. The van der Waals surface area contributed by atoms with Gasteiger partial charge in [0.05, 0.1) is 6.04 Å². The van der Waals surface area contributed by atoms with Crippen molar-refractivity contribution >= 4 is 11.9 Å². The van der Waals surface area contributed by atoms with Gasteiger partial charge in [-0.25, -0.2) is 4.79 Å². The number of hydrogen-bond acceptors (Lipinski definition) is 3. The second-order valence-electron chi connectivity index (χ2n) is 7.51. The molecule has 1 aliphatic carbocycles. The Kier molecular flexibility index (Phi) is 7.45. The molecular formula is C20H32N4O2. The summed E-state index contributed by atoms with van der Waals surface area (Å²) in [5.41, 5.74) is 5.80. The molecule has 1 aromatic rings. The maximum absolute atomic E-state index is 12.7. The summed E-state index contributed by atoms with van der Waals surface area (Å²) in [4.78, 5) is 26.9. The van der Waals surface area contributed by atoms with Crippen molar-refractivity contribution in [3.8, 4) is 0 Å². The Morgan fingerprint density at radius 1 is 1.12 bits per heavy atom. The summed E-state index contributed by atoms with van der Waals surface area (Å²) in [7, 11) is 4.02. The summed E-state index contributed by atoms with van der Waals surface area (Å²) in [6.45, 7) is 0.848. The highest BCUT2D eigenvalue weighted by molar-refractivity contribution is 5.90. The molecule has 1 aliphatic rings. The highest BCUT2D eigenvalue weighted by Crippen LogP contribution is 2.27. The van der Waals surface area contributed by atoms with Crippen molar-refractivity contribution in [2.45, 2.75) is 56.5 Å². The number of rotatable bonds is 7. The van der Waals surface area contributed by atoms with Crippen LogP contribution >= 0.6 is 0 Å². The number of primary amides is 1. The summed E-state index contributed by atoms with van der Waals surface area (Å²) in [5.74, 6) is -0.431. The summed E-state index contributed by atoms with van der Waals surface area (Å²) in [6.07, 6.45) is 5.99. The number of benzene rings is 1. The molecule has 4 N–H and O–H groups in total. The summed E-state index contributed by atoms with van der Waals surface area (Å²) < 4.78 is 0. The van der Waals surface area contributed by atoms with Crippen molar-refractivity contribution in [3.05, 3.63) is 35.9 Å². The molecule has 26 heavy (non-hydrogen) atoms. The molecular weight excluding hydrogens is 328 g/mol. The zero-order valence-corrected chi connectivity index (χ0v) is 16.0. The quantitative estimate of drug-likeness (QED) is 0.653. The Morgan fingerprint density at radius 3 is 2.27 bits per heavy atom. The van der Waals surface area contributed by atoms with E-state index < -0.39 is 11.4 Å². The second kappa shape index (κ2) is 9.57. The van der Waals surface area contributed by atoms with Crippen LogP contribution in [-0.4, -0.2) is 43.0 Å². The fourth-order valence-corrected chi connectivity index (χ4v) is 3.57. The van der Waals surface area contributed by atoms with Gasteiger partial charge < -0.3 is 21.3 Å². The van der Waals surface area contributed by atoms with Gasteiger partial charge in [-0.15, -0.1) is 0 Å². The standard InChI is InChI=1S/C20H32N4O2/c1-24(2)15-12-17(16-10-6-5-7-11-16)22-19(26)23-20(18(21)25)13-8-3-4-9-14-20/h5-7,10-11,17H,3-4,8-9,12-15H2,1-2H3,(H2,21,25)(H2,22,23,26). The molecule has 1 aromatic carbocycles. The van der Waals surface area contributed by atoms with Crippen molar-refractivity contribution in [2.75, 3.05) is 20.6 Å². The van der Waals surface area contributed by atoms with Gasteiger partial charge in [0.25, 0.3) is 0 Å². The molecule has 1 unspecified atom stereocenters. The minimum Gasteiger partial charge on any atom is -0.368 e. The first kappa shape index (κ1) is 20.2. The van der Waals surface area contributed by atoms with Crippen molar-refractivity contribution in [1.82, 2.24) is 15.5 Å². The van der Waals surface area contributed by atoms with E-state index >= 15 is 0 Å². The van der Waals surface area contributed by atoms with E-state index in [1.54, 1.807) is 0 Å². The van der Waals surface area contributed by atoms with Crippen LogP contribution in [-0.2, 0) is 4.79 Å². The zero-order chi connectivity index (χ0) is 19.0. The third kappa shape index (κ3) is 5.73. The predicted molar refractivity (Wildman–Crippen MR) is 104 cm³/mol. The van der Waals surface area contributed by atoms with Crippen LogP contribution in [0.2, 0.25) is 0 Å². The van der Waals surface area contributed by atoms with E-state index in [1.807, 2.05) is 44.4 Å². The highest BCUT2D eigenvalue weighted by Gasteiger charge is 2.38. The van der Waals surface area contributed by atoms with Gasteiger partial charge in [0, 0.05) is 0 Å². The normalized spacial score (nSPS) is 18.0. The van der Waals surface area contributed by atoms with E-state index in [1.165, 1.54) is 0 Å². The van der Waals surface area contributed by atoms with E-state index in [4.69, 9.17) is 5.73 Å². The molecule has 0 aromatic heterocycles. The van der Waals surface area contributed by atoms with Gasteiger partial charge in [-0.3, -0.25) is 4.79 Å². The van der Waals surface area contributed by atoms with Gasteiger partial charge in [0.1, 0.15) is 5.54 Å². The van der Waals surface area contributed by atoms with E-state index in [9.17, 15) is 9.59 Å². The van der Waals surface area contributed by atoms with Crippen LogP contribution in [0, 0.1) is 0 Å². The number of urea groups is 1. The summed E-state index contributed by atoms with van der Waals surface area (Å²) >= 11 is 0. The Hall–Kier alpha value is -2.08. The van der Waals surface area contributed by atoms with Gasteiger partial charge in [-0.1, -0.05) is 56.0 Å². The molecule has 144 valence electrons. The Labute approximate surface area is 156 Å². The van der Waals surface area contributed by atoms with E-state index in [0.29, 0.717) is 12.8 Å². The first-order chi connectivity index (χ1) is 12.4. The third-order valence-corrected chi connectivity index (χ3v) is 5.15. The van der Waals surface area contributed by atoms with Crippen molar-refractivity contribution in [1.29, 1.82) is 0 Å². The molecule has 1 fully saturated rings. The molecule has 0 heterocycles. The van der Waals surface area contributed by atoms with Crippen LogP contribution in [0.5, 0.6) is 0 Å². The van der Waals surface area contributed by atoms with Crippen LogP contribution in [0.1, 0.15) is 56.6 Å². The molecule has 6 nitrogen and oxygen atoms in total. The average molecular weight is 361 g/mol. The molecule has 0 saturated heterocycles. The first-order valence-corrected chi connectivity index (χ1v) is 9.51. The van der Waals surface area contributed by atoms with Crippen molar-refractivity contribution < 1.29 is 9.59 Å². The molecule has 6 heteroatoms. The molecule has 1 atom stereocenters. The number of nitrogens with two attached hydrogens (primary N) is 1. The predicted octanol–water partition coefficient (Wildman–Crippen LogP) is 2.56. The lowest BCUT2D eigenvalue weighted by molar-refractivity contribution is -0.124. The second-order valence-corrected chi connectivity index (χ2v) is 7.51. The SMILES string of the molecule is CN(C)CCC(NC(=O)NC1(C(N)=O)CCCCCC1)c1ccccc1. The van der Waals surface area contributed by atoms with Crippen LogP contribution in [0.3, 0.4) is 0 Å². The summed E-state index contributed by atoms with van der Waals surface area (Å²) in [5, 5.41) is 5.97. The molecule has 3 amide bonds. The number of carbonyl (C=O) groups is 2. The van der Waals surface area contributed by atoms with Gasteiger partial charge in [0.15, 0.2) is 0 Å². The van der Waals surface area contributed by atoms with Gasteiger partial charge >= 0.3 is 6.03 Å². The Balaban J connectivity index is 2.08. The number of nitrogens with zero attached hydrogens (tertiary/aromatic N) is 1. The summed E-state index contributed by atoms with van der Waals surface area (Å²) in [6, 6.07) is 9.47. The average Bonchev–Trinajstić information content (AvgIpc) is 2.85. The van der Waals surface area contributed by atoms with Crippen molar-refractivity contribution in [2.24, 2.45) is 5.73 Å². The van der Waals surface area contributed by atoms with Crippen LogP contribution in [0.25, 0.3) is 0 Å². The Bertz CT molecular complexity index is 581. The smallest absolute Gasteiger partial charge is 0.316 e. The lowest BCUT2D eigenvalue weighted by Crippen LogP contribution is -2.59. The topological polar surface area (TPSA) is 87.5 Å². The molecule has 0 bridgehead atoms. The van der Waals surface area contributed by atoms with Crippen molar-refractivity contribution in [3.63, 3.8) is 0 Å². The largest absolute Gasteiger partial charge is 0.368 e. The van der Waals surface area contributed by atoms with Crippen LogP contribution in [0.15, 0.2) is 30.3 Å². The minimum atomic E-state index is -0.927. The van der Waals surface area contributed by atoms with Crippen LogP contribution < -0.4 is 16.4 Å². The molecule has 0 aliphatic heterocycles. The lowest BCUT2D eigenvalue weighted by atomic mass is 9.89. The number of nitrogens with one attached hydrogen (secondary N) is 2. The molecule has 1 saturated carbocycles. The zero-order valence-electron chi connectivity index (χ0n) is 16.0. The lowest BCUT2D eigenvalue weighted by Gasteiger charge is -2.32. The van der Waals surface area contributed by atoms with Gasteiger partial charge in [0.2, 0.25) is 5.91 Å². The molecule has 0 spiro atoms. The minimum absolute atomic E-state index is 0.116. The van der Waals surface area contributed by atoms with E-state index in [-0.39, 0.29) is 12.1 Å². The number of carbonyl (C=O) groups excluding carboxylic acids is 2. The van der Waals surface area contributed by atoms with Crippen LogP contribution in [0.4, 0.5) is 4.79 Å². The van der Waals surface area contributed by atoms with E-state index in [2.05, 4.69) is 15.5 Å². The maximum atomic E-state index is 12.7. The maximum Gasteiger partial charge on any atom is 0.316 e. The highest BCUT2D eigenvalue weighted by atomic mass is 16.2. The van der Waals surface area contributed by atoms with Gasteiger partial charge in [-0.05, 0) is 45.5 Å². The van der Waals surface area contributed by atoms with Gasteiger partial charge in [-0.2, -0.15) is 0 Å². The molecule has 2 rings (SSSR count). The molecule has 0 radical (unpaired) electrons. The number of amides is 3. The number of hydrogen-bond donors (Lipinski definition) is 3. The van der Waals surface area contributed by atoms with E-state index in [0.717, 1.165) is 44.2 Å². The third-order valence-electron chi connectivity index (χ3n) is 5.15. The fraction of sp³-hybridized carbons (Fsp3) is 0.600. The Morgan fingerprint density at radius 2 is 1.73 bits per heavy atom.